The molecule has 1 atom stereocenters. The summed E-state index contributed by atoms with van der Waals surface area (Å²) >= 11 is 3.56. The first-order valence-corrected chi connectivity index (χ1v) is 8.97. The van der Waals surface area contributed by atoms with Crippen molar-refractivity contribution in [2.75, 3.05) is 6.61 Å². The van der Waals surface area contributed by atoms with Crippen molar-refractivity contribution in [1.82, 2.24) is 0 Å². The lowest BCUT2D eigenvalue weighted by molar-refractivity contribution is -0.108. The average molecular weight is 353 g/mol. The maximum Gasteiger partial charge on any atom is 0.123 e. The lowest BCUT2D eigenvalue weighted by Gasteiger charge is -2.38. The number of hydrogen-bond acceptors (Lipinski definition) is 2. The van der Waals surface area contributed by atoms with Crippen LogP contribution in [0.4, 0.5) is 0 Å². The fourth-order valence-corrected chi connectivity index (χ4v) is 4.09. The maximum absolute atomic E-state index is 6.39. The van der Waals surface area contributed by atoms with Crippen molar-refractivity contribution in [3.8, 4) is 5.75 Å². The minimum absolute atomic E-state index is 0.121. The van der Waals surface area contributed by atoms with E-state index >= 15 is 0 Å². The average Bonchev–Trinajstić information content (AvgIpc) is 2.88. The minimum Gasteiger partial charge on any atom is -0.490 e. The molecular weight excluding hydrogens is 328 g/mol. The number of halogens is 1. The Morgan fingerprint density at radius 2 is 2.05 bits per heavy atom. The molecule has 1 aromatic carbocycles. The highest BCUT2D eigenvalue weighted by Gasteiger charge is 2.40. The Kier molecular flexibility index (Phi) is 4.60. The van der Waals surface area contributed by atoms with E-state index in [0.29, 0.717) is 12.0 Å². The highest BCUT2D eigenvalue weighted by Crippen LogP contribution is 2.41. The smallest absolute Gasteiger partial charge is 0.123 e. The van der Waals surface area contributed by atoms with Gasteiger partial charge in [0, 0.05) is 17.3 Å². The number of ether oxygens (including phenoxy) is 2. The Labute approximate surface area is 136 Å². The van der Waals surface area contributed by atoms with Gasteiger partial charge in [0.15, 0.2) is 0 Å². The van der Waals surface area contributed by atoms with Crippen molar-refractivity contribution < 1.29 is 9.47 Å². The van der Waals surface area contributed by atoms with Crippen molar-refractivity contribution in [2.24, 2.45) is 0 Å². The Bertz CT molecular complexity index is 492. The zero-order valence-electron chi connectivity index (χ0n) is 13.0. The summed E-state index contributed by atoms with van der Waals surface area (Å²) in [6.07, 6.45) is 7.41. The van der Waals surface area contributed by atoms with E-state index in [0.717, 1.165) is 29.7 Å². The van der Waals surface area contributed by atoms with Gasteiger partial charge in [0.1, 0.15) is 11.9 Å². The third-order valence-corrected chi connectivity index (χ3v) is 5.34. The van der Waals surface area contributed by atoms with Crippen LogP contribution in [0, 0.1) is 0 Å². The standard InChI is InChI=1S/C18H25BrO2/c1-13(2)16-11-14(19)5-6-17(16)21-15-7-10-20-18(12-15)8-3-4-9-18/h5-6,11,13,15H,3-4,7-10,12H2,1-2H3. The van der Waals surface area contributed by atoms with E-state index in [1.807, 2.05) is 0 Å². The molecule has 1 saturated carbocycles. The highest BCUT2D eigenvalue weighted by molar-refractivity contribution is 9.10. The van der Waals surface area contributed by atoms with Crippen LogP contribution in [0.2, 0.25) is 0 Å². The summed E-state index contributed by atoms with van der Waals surface area (Å²) in [5, 5.41) is 0. The summed E-state index contributed by atoms with van der Waals surface area (Å²) < 4.78 is 13.6. The third kappa shape index (κ3) is 3.45. The van der Waals surface area contributed by atoms with Gasteiger partial charge in [0.2, 0.25) is 0 Å². The predicted octanol–water partition coefficient (Wildman–Crippen LogP) is 5.44. The lowest BCUT2D eigenvalue weighted by atomic mass is 9.90. The Balaban J connectivity index is 1.74. The summed E-state index contributed by atoms with van der Waals surface area (Å²) in [4.78, 5) is 0. The second-order valence-electron chi connectivity index (χ2n) is 6.81. The molecule has 2 aliphatic rings. The van der Waals surface area contributed by atoms with Gasteiger partial charge < -0.3 is 9.47 Å². The monoisotopic (exact) mass is 352 g/mol. The largest absolute Gasteiger partial charge is 0.490 e. The van der Waals surface area contributed by atoms with E-state index in [2.05, 4.69) is 48.0 Å². The van der Waals surface area contributed by atoms with Crippen LogP contribution in [0.3, 0.4) is 0 Å². The van der Waals surface area contributed by atoms with Crippen molar-refractivity contribution in [3.05, 3.63) is 28.2 Å². The Hall–Kier alpha value is -0.540. The van der Waals surface area contributed by atoms with Gasteiger partial charge in [0.25, 0.3) is 0 Å². The van der Waals surface area contributed by atoms with Crippen LogP contribution in [0.25, 0.3) is 0 Å². The molecule has 3 heteroatoms. The van der Waals surface area contributed by atoms with E-state index in [9.17, 15) is 0 Å². The van der Waals surface area contributed by atoms with Gasteiger partial charge in [-0.05, 0) is 42.5 Å². The number of benzene rings is 1. The molecule has 3 rings (SSSR count). The molecule has 1 aliphatic carbocycles. The van der Waals surface area contributed by atoms with E-state index in [1.54, 1.807) is 0 Å². The van der Waals surface area contributed by atoms with Crippen LogP contribution in [0.15, 0.2) is 22.7 Å². The summed E-state index contributed by atoms with van der Waals surface area (Å²) in [6.45, 7) is 5.28. The molecule has 0 N–H and O–H groups in total. The molecule has 2 nitrogen and oxygen atoms in total. The molecule has 116 valence electrons. The second-order valence-corrected chi connectivity index (χ2v) is 7.72. The van der Waals surface area contributed by atoms with Gasteiger partial charge in [-0.2, -0.15) is 0 Å². The van der Waals surface area contributed by atoms with Gasteiger partial charge in [0.05, 0.1) is 12.2 Å². The molecule has 21 heavy (non-hydrogen) atoms. The van der Waals surface area contributed by atoms with E-state index in [-0.39, 0.29) is 5.60 Å². The third-order valence-electron chi connectivity index (χ3n) is 4.85. The van der Waals surface area contributed by atoms with Gasteiger partial charge in [-0.3, -0.25) is 0 Å². The molecular formula is C18H25BrO2. The van der Waals surface area contributed by atoms with Crippen LogP contribution in [-0.2, 0) is 4.74 Å². The maximum atomic E-state index is 6.39. The van der Waals surface area contributed by atoms with Crippen molar-refractivity contribution in [3.63, 3.8) is 0 Å². The van der Waals surface area contributed by atoms with Gasteiger partial charge in [-0.1, -0.05) is 42.6 Å². The quantitative estimate of drug-likeness (QED) is 0.720. The van der Waals surface area contributed by atoms with Crippen molar-refractivity contribution in [1.29, 1.82) is 0 Å². The summed E-state index contributed by atoms with van der Waals surface area (Å²) in [5.74, 6) is 1.52. The molecule has 0 bridgehead atoms. The fraction of sp³-hybridized carbons (Fsp3) is 0.667. The molecule has 1 aromatic rings. The van der Waals surface area contributed by atoms with Crippen LogP contribution in [0.1, 0.15) is 63.9 Å². The first-order chi connectivity index (χ1) is 10.1. The highest BCUT2D eigenvalue weighted by atomic mass is 79.9. The topological polar surface area (TPSA) is 18.5 Å². The van der Waals surface area contributed by atoms with Gasteiger partial charge >= 0.3 is 0 Å². The molecule has 1 aliphatic heterocycles. The first kappa shape index (κ1) is 15.4. The lowest BCUT2D eigenvalue weighted by Crippen LogP contribution is -2.41. The summed E-state index contributed by atoms with van der Waals surface area (Å²) in [6, 6.07) is 6.37. The van der Waals surface area contributed by atoms with E-state index < -0.39 is 0 Å². The molecule has 0 amide bonds. The fourth-order valence-electron chi connectivity index (χ4n) is 3.71. The zero-order chi connectivity index (χ0) is 14.9. The Morgan fingerprint density at radius 3 is 2.76 bits per heavy atom. The SMILES string of the molecule is CC(C)c1cc(Br)ccc1OC1CCOC2(CCCC2)C1. The van der Waals surface area contributed by atoms with Crippen molar-refractivity contribution >= 4 is 15.9 Å². The summed E-state index contributed by atoms with van der Waals surface area (Å²) in [7, 11) is 0. The van der Waals surface area contributed by atoms with Crippen LogP contribution >= 0.6 is 15.9 Å². The summed E-state index contributed by atoms with van der Waals surface area (Å²) in [5.41, 5.74) is 1.41. The number of hydrogen-bond donors (Lipinski definition) is 0. The van der Waals surface area contributed by atoms with Gasteiger partial charge in [-0.25, -0.2) is 0 Å². The molecule has 1 spiro atoms. The van der Waals surface area contributed by atoms with Crippen LogP contribution in [-0.4, -0.2) is 18.3 Å². The van der Waals surface area contributed by atoms with E-state index in [1.165, 1.54) is 31.2 Å². The van der Waals surface area contributed by atoms with Crippen LogP contribution in [0.5, 0.6) is 5.75 Å². The van der Waals surface area contributed by atoms with E-state index in [4.69, 9.17) is 9.47 Å². The van der Waals surface area contributed by atoms with Crippen LogP contribution < -0.4 is 4.74 Å². The molecule has 0 aromatic heterocycles. The molecule has 1 unspecified atom stereocenters. The molecule has 1 heterocycles. The molecule has 1 saturated heterocycles. The second kappa shape index (κ2) is 6.29. The molecule has 2 fully saturated rings. The Morgan fingerprint density at radius 1 is 1.29 bits per heavy atom. The predicted molar refractivity (Wildman–Crippen MR) is 89.0 cm³/mol. The molecule has 0 radical (unpaired) electrons. The minimum atomic E-state index is 0.121. The zero-order valence-corrected chi connectivity index (χ0v) is 14.6. The van der Waals surface area contributed by atoms with Crippen molar-refractivity contribution in [2.45, 2.75) is 70.0 Å². The number of rotatable bonds is 3. The van der Waals surface area contributed by atoms with Gasteiger partial charge in [-0.15, -0.1) is 0 Å². The normalized spacial score (nSPS) is 24.7. The first-order valence-electron chi connectivity index (χ1n) is 8.18.